The van der Waals surface area contributed by atoms with Crippen LogP contribution in [0.25, 0.3) is 0 Å². The van der Waals surface area contributed by atoms with Gasteiger partial charge in [0.25, 0.3) is 0 Å². The van der Waals surface area contributed by atoms with Gasteiger partial charge in [-0.15, -0.1) is 0 Å². The van der Waals surface area contributed by atoms with Crippen LogP contribution in [-0.4, -0.2) is 18.3 Å². The predicted molar refractivity (Wildman–Crippen MR) is 76.2 cm³/mol. The van der Waals surface area contributed by atoms with Gasteiger partial charge in [0.2, 0.25) is 0 Å². The summed E-state index contributed by atoms with van der Waals surface area (Å²) in [5.41, 5.74) is 1.35. The number of hydrogen-bond donors (Lipinski definition) is 2. The Balaban J connectivity index is 1.96. The molecular formula is C14H19Cl2NO. The summed E-state index contributed by atoms with van der Waals surface area (Å²) in [4.78, 5) is 0. The fourth-order valence-corrected chi connectivity index (χ4v) is 2.74. The molecule has 2 rings (SSSR count). The van der Waals surface area contributed by atoms with Crippen molar-refractivity contribution in [3.63, 3.8) is 0 Å². The number of benzene rings is 1. The van der Waals surface area contributed by atoms with Crippen molar-refractivity contribution in [3.8, 4) is 0 Å². The molecule has 1 aliphatic rings. The smallest absolute Gasteiger partial charge is 0.0639 e. The van der Waals surface area contributed by atoms with Gasteiger partial charge < -0.3 is 10.4 Å². The van der Waals surface area contributed by atoms with Crippen molar-refractivity contribution in [2.45, 2.75) is 32.2 Å². The summed E-state index contributed by atoms with van der Waals surface area (Å²) >= 11 is 12.2. The van der Waals surface area contributed by atoms with Crippen molar-refractivity contribution in [1.29, 1.82) is 0 Å². The number of hydrogen-bond acceptors (Lipinski definition) is 2. The van der Waals surface area contributed by atoms with Crippen molar-refractivity contribution in [2.75, 3.05) is 13.2 Å². The summed E-state index contributed by atoms with van der Waals surface area (Å²) < 4.78 is 0. The first-order valence-electron chi connectivity index (χ1n) is 6.36. The zero-order valence-corrected chi connectivity index (χ0v) is 12.1. The molecule has 2 N–H and O–H groups in total. The minimum absolute atomic E-state index is 0.173. The molecule has 0 amide bonds. The summed E-state index contributed by atoms with van der Waals surface area (Å²) in [6.07, 6.45) is 3.29. The molecule has 4 heteroatoms. The van der Waals surface area contributed by atoms with Gasteiger partial charge in [-0.05, 0) is 43.2 Å². The maximum atomic E-state index is 9.04. The third-order valence-corrected chi connectivity index (χ3v) is 4.66. The highest BCUT2D eigenvalue weighted by Gasteiger charge is 2.41. The SMILES string of the molecule is CC(NCC1(CCO)CC1)c1cccc(Cl)c1Cl. The Morgan fingerprint density at radius 3 is 2.72 bits per heavy atom. The maximum Gasteiger partial charge on any atom is 0.0639 e. The monoisotopic (exact) mass is 287 g/mol. The molecule has 0 aliphatic heterocycles. The number of aliphatic hydroxyl groups excluding tert-OH is 1. The minimum Gasteiger partial charge on any atom is -0.396 e. The quantitative estimate of drug-likeness (QED) is 0.834. The molecule has 1 aromatic carbocycles. The average Bonchev–Trinajstić information content (AvgIpc) is 3.11. The van der Waals surface area contributed by atoms with Crippen LogP contribution in [0.1, 0.15) is 37.8 Å². The van der Waals surface area contributed by atoms with Gasteiger partial charge in [0, 0.05) is 19.2 Å². The number of aliphatic hydroxyl groups is 1. The van der Waals surface area contributed by atoms with E-state index in [1.807, 2.05) is 12.1 Å². The second kappa shape index (κ2) is 5.79. The number of rotatable bonds is 6. The zero-order chi connectivity index (χ0) is 13.2. The lowest BCUT2D eigenvalue weighted by atomic mass is 10.0. The van der Waals surface area contributed by atoms with Gasteiger partial charge in [-0.2, -0.15) is 0 Å². The standard InChI is InChI=1S/C14H19Cl2NO/c1-10(11-3-2-4-12(15)13(11)16)17-9-14(5-6-14)7-8-18/h2-4,10,17-18H,5-9H2,1H3. The van der Waals surface area contributed by atoms with Crippen molar-refractivity contribution in [3.05, 3.63) is 33.8 Å². The maximum absolute atomic E-state index is 9.04. The summed E-state index contributed by atoms with van der Waals surface area (Å²) in [5.74, 6) is 0. The normalized spacial score (nSPS) is 18.7. The van der Waals surface area contributed by atoms with Gasteiger partial charge in [0.1, 0.15) is 0 Å². The number of nitrogens with one attached hydrogen (secondary N) is 1. The van der Waals surface area contributed by atoms with E-state index in [0.717, 1.165) is 18.5 Å². The van der Waals surface area contributed by atoms with E-state index in [1.165, 1.54) is 12.8 Å². The van der Waals surface area contributed by atoms with E-state index in [2.05, 4.69) is 12.2 Å². The molecule has 0 radical (unpaired) electrons. The molecule has 0 aromatic heterocycles. The zero-order valence-electron chi connectivity index (χ0n) is 10.5. The van der Waals surface area contributed by atoms with Crippen LogP contribution in [0.5, 0.6) is 0 Å². The molecule has 1 saturated carbocycles. The molecule has 0 bridgehead atoms. The Morgan fingerprint density at radius 2 is 2.11 bits per heavy atom. The first kappa shape index (κ1) is 14.1. The van der Waals surface area contributed by atoms with Crippen LogP contribution in [-0.2, 0) is 0 Å². The Bertz CT molecular complexity index is 418. The summed E-state index contributed by atoms with van der Waals surface area (Å²) in [6.45, 7) is 3.29. The fourth-order valence-electron chi connectivity index (χ4n) is 2.26. The molecule has 18 heavy (non-hydrogen) atoms. The molecule has 0 saturated heterocycles. The highest BCUT2D eigenvalue weighted by molar-refractivity contribution is 6.42. The van der Waals surface area contributed by atoms with E-state index in [-0.39, 0.29) is 12.6 Å². The van der Waals surface area contributed by atoms with E-state index in [4.69, 9.17) is 28.3 Å². The molecule has 0 spiro atoms. The first-order valence-corrected chi connectivity index (χ1v) is 7.12. The second-order valence-corrected chi connectivity index (χ2v) is 6.00. The molecule has 2 nitrogen and oxygen atoms in total. The molecule has 1 unspecified atom stereocenters. The molecule has 1 aliphatic carbocycles. The minimum atomic E-state index is 0.173. The fraction of sp³-hybridized carbons (Fsp3) is 0.571. The molecule has 100 valence electrons. The average molecular weight is 288 g/mol. The molecule has 0 heterocycles. The Hall–Kier alpha value is -0.280. The van der Waals surface area contributed by atoms with Crippen molar-refractivity contribution < 1.29 is 5.11 Å². The second-order valence-electron chi connectivity index (χ2n) is 5.22. The lowest BCUT2D eigenvalue weighted by Gasteiger charge is -2.20. The van der Waals surface area contributed by atoms with E-state index in [1.54, 1.807) is 6.07 Å². The van der Waals surface area contributed by atoms with Crippen molar-refractivity contribution in [2.24, 2.45) is 5.41 Å². The molecule has 1 atom stereocenters. The van der Waals surface area contributed by atoms with E-state index in [9.17, 15) is 0 Å². The predicted octanol–water partition coefficient (Wildman–Crippen LogP) is 3.81. The third kappa shape index (κ3) is 3.18. The molecule has 1 fully saturated rings. The van der Waals surface area contributed by atoms with Gasteiger partial charge >= 0.3 is 0 Å². The largest absolute Gasteiger partial charge is 0.396 e. The Morgan fingerprint density at radius 1 is 1.39 bits per heavy atom. The first-order chi connectivity index (χ1) is 8.58. The van der Waals surface area contributed by atoms with E-state index < -0.39 is 0 Å². The highest BCUT2D eigenvalue weighted by Crippen LogP contribution is 2.48. The summed E-state index contributed by atoms with van der Waals surface area (Å²) in [7, 11) is 0. The lowest BCUT2D eigenvalue weighted by Crippen LogP contribution is -2.27. The Kier molecular flexibility index (Phi) is 4.54. The lowest BCUT2D eigenvalue weighted by molar-refractivity contribution is 0.243. The van der Waals surface area contributed by atoms with Gasteiger partial charge in [0.15, 0.2) is 0 Å². The summed E-state index contributed by atoms with van der Waals surface area (Å²) in [5, 5.41) is 13.8. The van der Waals surface area contributed by atoms with E-state index in [0.29, 0.717) is 15.5 Å². The molecule has 1 aromatic rings. The van der Waals surface area contributed by atoms with Crippen LogP contribution in [0.2, 0.25) is 10.0 Å². The van der Waals surface area contributed by atoms with Crippen LogP contribution < -0.4 is 5.32 Å². The molecular weight excluding hydrogens is 269 g/mol. The van der Waals surface area contributed by atoms with Gasteiger partial charge in [-0.25, -0.2) is 0 Å². The summed E-state index contributed by atoms with van der Waals surface area (Å²) in [6, 6.07) is 5.89. The van der Waals surface area contributed by atoms with Crippen molar-refractivity contribution in [1.82, 2.24) is 5.32 Å². The van der Waals surface area contributed by atoms with Crippen LogP contribution in [0.4, 0.5) is 0 Å². The van der Waals surface area contributed by atoms with Gasteiger partial charge in [0.05, 0.1) is 10.0 Å². The van der Waals surface area contributed by atoms with Gasteiger partial charge in [-0.1, -0.05) is 35.3 Å². The van der Waals surface area contributed by atoms with Crippen molar-refractivity contribution >= 4 is 23.2 Å². The van der Waals surface area contributed by atoms with E-state index >= 15 is 0 Å². The van der Waals surface area contributed by atoms with Gasteiger partial charge in [-0.3, -0.25) is 0 Å². The van der Waals surface area contributed by atoms with Crippen LogP contribution in [0.15, 0.2) is 18.2 Å². The van der Waals surface area contributed by atoms with Crippen LogP contribution >= 0.6 is 23.2 Å². The Labute approximate surface area is 118 Å². The topological polar surface area (TPSA) is 32.3 Å². The highest BCUT2D eigenvalue weighted by atomic mass is 35.5. The van der Waals surface area contributed by atoms with Crippen LogP contribution in [0, 0.1) is 5.41 Å². The number of halogens is 2. The third-order valence-electron chi connectivity index (χ3n) is 3.83. The van der Waals surface area contributed by atoms with Crippen LogP contribution in [0.3, 0.4) is 0 Å².